The maximum Gasteiger partial charge on any atom is 0.328 e. The highest BCUT2D eigenvalue weighted by Gasteiger charge is 2.30. The summed E-state index contributed by atoms with van der Waals surface area (Å²) in [5.74, 6) is -0.501. The van der Waals surface area contributed by atoms with Crippen LogP contribution in [0.3, 0.4) is 0 Å². The van der Waals surface area contributed by atoms with Crippen molar-refractivity contribution in [2.45, 2.75) is 32.2 Å². The number of aromatic amines is 1. The van der Waals surface area contributed by atoms with E-state index in [9.17, 15) is 14.4 Å². The minimum Gasteiger partial charge on any atom is -0.368 e. The molecule has 9 nitrogen and oxygen atoms in total. The topological polar surface area (TPSA) is 103 Å². The van der Waals surface area contributed by atoms with E-state index < -0.39 is 17.1 Å². The summed E-state index contributed by atoms with van der Waals surface area (Å²) >= 11 is 0. The molecule has 2 N–H and O–H groups in total. The van der Waals surface area contributed by atoms with Gasteiger partial charge in [0, 0.05) is 52.4 Å². The lowest BCUT2D eigenvalue weighted by molar-refractivity contribution is 0.0958. The smallest absolute Gasteiger partial charge is 0.328 e. The number of nitrogens with one attached hydrogen (secondary N) is 2. The first kappa shape index (κ1) is 23.2. The molecule has 10 heteroatoms. The fourth-order valence-electron chi connectivity index (χ4n) is 4.90. The minimum absolute atomic E-state index is 0.0223. The first-order valence-corrected chi connectivity index (χ1v) is 11.9. The molecule has 0 bridgehead atoms. The van der Waals surface area contributed by atoms with Crippen molar-refractivity contribution in [2.75, 3.05) is 38.1 Å². The number of anilines is 1. The minimum atomic E-state index is -0.611. The molecule has 1 aliphatic carbocycles. The van der Waals surface area contributed by atoms with E-state index in [1.54, 1.807) is 13.1 Å². The molecule has 35 heavy (non-hydrogen) atoms. The molecule has 1 aromatic carbocycles. The molecule has 0 spiro atoms. The van der Waals surface area contributed by atoms with Crippen molar-refractivity contribution in [3.8, 4) is 0 Å². The second-order valence-corrected chi connectivity index (χ2v) is 9.40. The third kappa shape index (κ3) is 4.22. The van der Waals surface area contributed by atoms with Crippen molar-refractivity contribution in [1.29, 1.82) is 0 Å². The van der Waals surface area contributed by atoms with Gasteiger partial charge in [-0.3, -0.25) is 19.1 Å². The Morgan fingerprint density at radius 2 is 1.91 bits per heavy atom. The van der Waals surface area contributed by atoms with Gasteiger partial charge >= 0.3 is 5.69 Å². The normalized spacial score (nSPS) is 16.6. The van der Waals surface area contributed by atoms with Gasteiger partial charge in [-0.25, -0.2) is 14.2 Å². The van der Waals surface area contributed by atoms with Crippen LogP contribution in [0.1, 0.15) is 46.1 Å². The maximum absolute atomic E-state index is 15.5. The lowest BCUT2D eigenvalue weighted by Crippen LogP contribution is -2.46. The van der Waals surface area contributed by atoms with Gasteiger partial charge in [0.05, 0.1) is 22.3 Å². The number of aromatic nitrogens is 3. The Bertz CT molecular complexity index is 1430. The number of amides is 1. The van der Waals surface area contributed by atoms with E-state index in [1.807, 2.05) is 19.1 Å². The number of fused-ring (bicyclic) bond motifs is 1. The molecule has 3 aromatic rings. The summed E-state index contributed by atoms with van der Waals surface area (Å²) in [6, 6.07) is 5.47. The first-order chi connectivity index (χ1) is 16.8. The summed E-state index contributed by atoms with van der Waals surface area (Å²) in [5.41, 5.74) is 2.47. The molecule has 1 aliphatic heterocycles. The summed E-state index contributed by atoms with van der Waals surface area (Å²) in [4.78, 5) is 48.2. The predicted molar refractivity (Wildman–Crippen MR) is 132 cm³/mol. The van der Waals surface area contributed by atoms with Gasteiger partial charge in [-0.2, -0.15) is 0 Å². The molecule has 0 unspecified atom stereocenters. The van der Waals surface area contributed by atoms with Crippen LogP contribution < -0.4 is 21.5 Å². The van der Waals surface area contributed by atoms with Gasteiger partial charge in [-0.15, -0.1) is 0 Å². The number of halogens is 1. The fraction of sp³-hybridized carbons (Fsp3) is 0.440. The Morgan fingerprint density at radius 3 is 2.54 bits per heavy atom. The zero-order chi connectivity index (χ0) is 24.9. The van der Waals surface area contributed by atoms with E-state index in [0.29, 0.717) is 23.2 Å². The van der Waals surface area contributed by atoms with Gasteiger partial charge in [0.25, 0.3) is 11.5 Å². The van der Waals surface area contributed by atoms with Crippen LogP contribution in [0.15, 0.2) is 27.8 Å². The van der Waals surface area contributed by atoms with Crippen LogP contribution in [0.5, 0.6) is 0 Å². The lowest BCUT2D eigenvalue weighted by Gasteiger charge is -2.36. The molecule has 3 heterocycles. The number of pyridine rings is 1. The Balaban J connectivity index is 1.36. The quantitative estimate of drug-likeness (QED) is 0.576. The van der Waals surface area contributed by atoms with Crippen molar-refractivity contribution < 1.29 is 9.18 Å². The van der Waals surface area contributed by atoms with E-state index in [2.05, 4.69) is 25.1 Å². The number of carbonyl (C=O) groups excluding carboxylic acids is 1. The molecule has 5 rings (SSSR count). The SMILES string of the molecule is CNC(=O)c1ccc(N2CCN(Cc3cc(C4CC4)c4c(=O)n(C)c(=O)[nH]c4c3F)CC2)c(C)n1. The van der Waals surface area contributed by atoms with Crippen molar-refractivity contribution >= 4 is 22.5 Å². The van der Waals surface area contributed by atoms with Gasteiger partial charge in [-0.1, -0.05) is 6.07 Å². The van der Waals surface area contributed by atoms with Crippen molar-refractivity contribution in [3.05, 3.63) is 67.4 Å². The number of aryl methyl sites for hydroxylation is 1. The number of rotatable bonds is 5. The lowest BCUT2D eigenvalue weighted by atomic mass is 10.00. The zero-order valence-corrected chi connectivity index (χ0v) is 20.2. The van der Waals surface area contributed by atoms with Crippen LogP contribution in [-0.4, -0.2) is 58.6 Å². The highest BCUT2D eigenvalue weighted by molar-refractivity contribution is 5.92. The first-order valence-electron chi connectivity index (χ1n) is 11.9. The van der Waals surface area contributed by atoms with Gasteiger partial charge < -0.3 is 15.2 Å². The molecule has 1 saturated heterocycles. The number of hydrogen-bond donors (Lipinski definition) is 2. The second-order valence-electron chi connectivity index (χ2n) is 9.40. The standard InChI is InChI=1S/C25H29FN6O3/c1-14-19(7-6-18(28-14)23(33)27-2)32-10-8-31(9-11-32)13-16-12-17(15-4-5-15)20-22(21(16)26)29-25(35)30(3)24(20)34/h6-7,12,15H,4-5,8-11,13H2,1-3H3,(H,27,33)(H,29,35). The highest BCUT2D eigenvalue weighted by atomic mass is 19.1. The number of piperazine rings is 1. The van der Waals surface area contributed by atoms with Crippen LogP contribution in [0.25, 0.3) is 10.9 Å². The summed E-state index contributed by atoms with van der Waals surface area (Å²) in [6.07, 6.45) is 1.93. The highest BCUT2D eigenvalue weighted by Crippen LogP contribution is 2.43. The Kier molecular flexibility index (Phi) is 5.92. The van der Waals surface area contributed by atoms with Crippen LogP contribution in [0.2, 0.25) is 0 Å². The number of H-pyrrole nitrogens is 1. The van der Waals surface area contributed by atoms with E-state index in [0.717, 1.165) is 60.5 Å². The largest absolute Gasteiger partial charge is 0.368 e. The average molecular weight is 481 g/mol. The second kappa shape index (κ2) is 8.92. The molecular weight excluding hydrogens is 451 g/mol. The van der Waals surface area contributed by atoms with Crippen molar-refractivity contribution in [1.82, 2.24) is 24.8 Å². The number of hydrogen-bond acceptors (Lipinski definition) is 6. The third-order valence-corrected chi connectivity index (χ3v) is 7.07. The number of benzene rings is 1. The predicted octanol–water partition coefficient (Wildman–Crippen LogP) is 1.63. The van der Waals surface area contributed by atoms with E-state index in [1.165, 1.54) is 7.05 Å². The molecule has 184 valence electrons. The average Bonchev–Trinajstić information content (AvgIpc) is 3.70. The molecule has 2 fully saturated rings. The summed E-state index contributed by atoms with van der Waals surface area (Å²) in [6.45, 7) is 5.22. The monoisotopic (exact) mass is 480 g/mol. The molecule has 2 aliphatic rings. The number of carbonyl (C=O) groups is 1. The van der Waals surface area contributed by atoms with E-state index >= 15 is 4.39 Å². The fourth-order valence-corrected chi connectivity index (χ4v) is 4.90. The zero-order valence-electron chi connectivity index (χ0n) is 20.2. The van der Waals surface area contributed by atoms with Crippen LogP contribution in [0, 0.1) is 12.7 Å². The maximum atomic E-state index is 15.5. The summed E-state index contributed by atoms with van der Waals surface area (Å²) in [5, 5.41) is 2.88. The molecule has 0 atom stereocenters. The Labute approximate surface area is 201 Å². The van der Waals surface area contributed by atoms with Crippen molar-refractivity contribution in [3.63, 3.8) is 0 Å². The van der Waals surface area contributed by atoms with E-state index in [4.69, 9.17) is 0 Å². The third-order valence-electron chi connectivity index (χ3n) is 7.07. The summed E-state index contributed by atoms with van der Waals surface area (Å²) < 4.78 is 16.5. The summed E-state index contributed by atoms with van der Waals surface area (Å²) in [7, 11) is 2.99. The van der Waals surface area contributed by atoms with Gasteiger partial charge in [0.2, 0.25) is 0 Å². The molecule has 1 amide bonds. The van der Waals surface area contributed by atoms with Crippen LogP contribution in [0.4, 0.5) is 10.1 Å². The Morgan fingerprint density at radius 1 is 1.20 bits per heavy atom. The van der Waals surface area contributed by atoms with Crippen LogP contribution in [-0.2, 0) is 13.6 Å². The van der Waals surface area contributed by atoms with Gasteiger partial charge in [-0.05, 0) is 43.4 Å². The molecule has 0 radical (unpaired) electrons. The van der Waals surface area contributed by atoms with Gasteiger partial charge in [0.1, 0.15) is 5.69 Å². The molecule has 1 saturated carbocycles. The Hall–Kier alpha value is -3.53. The van der Waals surface area contributed by atoms with E-state index in [-0.39, 0.29) is 17.3 Å². The number of nitrogens with zero attached hydrogens (tertiary/aromatic N) is 4. The van der Waals surface area contributed by atoms with Crippen LogP contribution >= 0.6 is 0 Å². The van der Waals surface area contributed by atoms with Gasteiger partial charge in [0.15, 0.2) is 5.82 Å². The molecular formula is C25H29FN6O3. The molecule has 2 aromatic heterocycles. The van der Waals surface area contributed by atoms with Crippen molar-refractivity contribution in [2.24, 2.45) is 7.05 Å².